The summed E-state index contributed by atoms with van der Waals surface area (Å²) in [6, 6.07) is 6.65. The van der Waals surface area contributed by atoms with Gasteiger partial charge in [0.15, 0.2) is 21.5 Å². The summed E-state index contributed by atoms with van der Waals surface area (Å²) in [6.45, 7) is -0.407. The van der Waals surface area contributed by atoms with Crippen LogP contribution in [0.15, 0.2) is 41.3 Å². The maximum Gasteiger partial charge on any atom is 0.255 e. The molecule has 2 aromatic carbocycles. The van der Waals surface area contributed by atoms with Gasteiger partial charge >= 0.3 is 0 Å². The molecule has 3 aliphatic rings. The molecule has 2 bridgehead atoms. The van der Waals surface area contributed by atoms with E-state index in [1.807, 2.05) is 0 Å². The van der Waals surface area contributed by atoms with E-state index in [1.165, 1.54) is 18.2 Å². The number of carbonyl (C=O) groups excluding carboxylic acids is 1. The first-order valence-electron chi connectivity index (χ1n) is 9.69. The number of amides is 1. The lowest BCUT2D eigenvalue weighted by Gasteiger charge is -2.57. The van der Waals surface area contributed by atoms with Gasteiger partial charge in [-0.3, -0.25) is 4.79 Å². The Morgan fingerprint density at radius 1 is 1.10 bits per heavy atom. The van der Waals surface area contributed by atoms with Crippen molar-refractivity contribution in [2.24, 2.45) is 11.8 Å². The largest absolute Gasteiger partial charge is 0.393 e. The fourth-order valence-corrected chi connectivity index (χ4v) is 6.99. The summed E-state index contributed by atoms with van der Waals surface area (Å²) in [7, 11) is -3.91. The van der Waals surface area contributed by atoms with Crippen LogP contribution in [0.5, 0.6) is 0 Å². The van der Waals surface area contributed by atoms with Gasteiger partial charge in [0, 0.05) is 17.3 Å². The number of halogens is 3. The maximum atomic E-state index is 13.4. The van der Waals surface area contributed by atoms with Crippen molar-refractivity contribution in [3.63, 3.8) is 0 Å². The molecule has 3 aliphatic carbocycles. The number of anilines is 1. The van der Waals surface area contributed by atoms with Crippen molar-refractivity contribution in [3.8, 4) is 0 Å². The molecule has 2 unspecified atom stereocenters. The summed E-state index contributed by atoms with van der Waals surface area (Å²) in [4.78, 5) is 12.3. The number of aliphatic hydroxyl groups excluding tert-OH is 1. The highest BCUT2D eigenvalue weighted by Crippen LogP contribution is 2.55. The van der Waals surface area contributed by atoms with Crippen molar-refractivity contribution in [1.82, 2.24) is 0 Å². The molecule has 5 rings (SSSR count). The first-order chi connectivity index (χ1) is 14.6. The van der Waals surface area contributed by atoms with Gasteiger partial charge in [0.25, 0.3) is 5.91 Å². The molecule has 0 saturated heterocycles. The SMILES string of the molecule is O=C(Nc1ccc(F)c(F)c1)c1ccc(Cl)c(S(=O)(=O)C2CC3CC(C2)C3(O)CO)c1. The van der Waals surface area contributed by atoms with Crippen LogP contribution in [-0.4, -0.2) is 42.0 Å². The van der Waals surface area contributed by atoms with E-state index in [0.717, 1.165) is 18.2 Å². The van der Waals surface area contributed by atoms with E-state index in [4.69, 9.17) is 11.6 Å². The number of rotatable bonds is 5. The molecule has 0 aliphatic heterocycles. The fraction of sp³-hybridized carbons (Fsp3) is 0.381. The highest BCUT2D eigenvalue weighted by Gasteiger charge is 2.59. The number of benzene rings is 2. The fourth-order valence-electron chi connectivity index (χ4n) is 4.59. The monoisotopic (exact) mass is 471 g/mol. The Bertz CT molecular complexity index is 1140. The Kier molecular flexibility index (Phi) is 5.58. The second-order valence-electron chi connectivity index (χ2n) is 8.15. The molecule has 0 heterocycles. The first kappa shape index (κ1) is 22.1. The van der Waals surface area contributed by atoms with Crippen LogP contribution in [0.1, 0.15) is 29.6 Å². The first-order valence-corrected chi connectivity index (χ1v) is 11.6. The van der Waals surface area contributed by atoms with Crippen molar-refractivity contribution in [2.75, 3.05) is 11.9 Å². The number of hydrogen-bond donors (Lipinski definition) is 3. The van der Waals surface area contributed by atoms with Crippen LogP contribution < -0.4 is 5.32 Å². The van der Waals surface area contributed by atoms with E-state index in [0.29, 0.717) is 6.42 Å². The summed E-state index contributed by atoms with van der Waals surface area (Å²) in [5.74, 6) is -3.52. The van der Waals surface area contributed by atoms with Crippen molar-refractivity contribution in [1.29, 1.82) is 0 Å². The maximum absolute atomic E-state index is 13.4. The molecule has 1 amide bonds. The molecule has 6 nitrogen and oxygen atoms in total. The summed E-state index contributed by atoms with van der Waals surface area (Å²) in [5.41, 5.74) is -1.23. The number of nitrogens with one attached hydrogen (secondary N) is 1. The van der Waals surface area contributed by atoms with E-state index < -0.39 is 44.8 Å². The van der Waals surface area contributed by atoms with Gasteiger partial charge < -0.3 is 15.5 Å². The third-order valence-corrected chi connectivity index (χ3v) is 9.10. The second-order valence-corrected chi connectivity index (χ2v) is 10.7. The average Bonchev–Trinajstić information content (AvgIpc) is 2.75. The molecule has 2 atom stereocenters. The number of carbonyl (C=O) groups is 1. The zero-order valence-corrected chi connectivity index (χ0v) is 17.8. The molecule has 0 spiro atoms. The Morgan fingerprint density at radius 2 is 1.77 bits per heavy atom. The van der Waals surface area contributed by atoms with E-state index in [9.17, 15) is 32.2 Å². The predicted octanol–water partition coefficient (Wildman–Crippen LogP) is 3.17. The third kappa shape index (κ3) is 3.73. The number of fused-ring (bicyclic) bond motifs is 2. The molecule has 3 N–H and O–H groups in total. The Balaban J connectivity index is 1.57. The van der Waals surface area contributed by atoms with Gasteiger partial charge in [0.05, 0.1) is 27.4 Å². The van der Waals surface area contributed by atoms with Crippen LogP contribution in [0.4, 0.5) is 14.5 Å². The molecular weight excluding hydrogens is 452 g/mol. The Labute approximate surface area is 182 Å². The minimum absolute atomic E-state index is 0.0129. The Morgan fingerprint density at radius 3 is 2.39 bits per heavy atom. The minimum Gasteiger partial charge on any atom is -0.393 e. The van der Waals surface area contributed by atoms with Crippen molar-refractivity contribution < 1.29 is 32.2 Å². The van der Waals surface area contributed by atoms with Gasteiger partial charge in [-0.1, -0.05) is 11.6 Å². The molecule has 166 valence electrons. The smallest absolute Gasteiger partial charge is 0.255 e. The molecule has 2 aromatic rings. The van der Waals surface area contributed by atoms with E-state index in [-0.39, 0.29) is 45.8 Å². The van der Waals surface area contributed by atoms with Gasteiger partial charge in [-0.2, -0.15) is 0 Å². The number of sulfone groups is 1. The van der Waals surface area contributed by atoms with Crippen LogP contribution in [0.25, 0.3) is 0 Å². The molecule has 0 radical (unpaired) electrons. The van der Waals surface area contributed by atoms with Gasteiger partial charge in [-0.05, 0) is 61.4 Å². The van der Waals surface area contributed by atoms with E-state index >= 15 is 0 Å². The molecule has 0 aromatic heterocycles. The normalized spacial score (nSPS) is 27.5. The summed E-state index contributed by atoms with van der Waals surface area (Å²) in [6.07, 6.45) is 1.04. The summed E-state index contributed by atoms with van der Waals surface area (Å²) < 4.78 is 52.9. The van der Waals surface area contributed by atoms with Crippen LogP contribution in [0.3, 0.4) is 0 Å². The summed E-state index contributed by atoms with van der Waals surface area (Å²) in [5, 5.41) is 21.4. The van der Waals surface area contributed by atoms with Gasteiger partial charge in [0.1, 0.15) is 0 Å². The topological polar surface area (TPSA) is 104 Å². The number of hydrogen-bond acceptors (Lipinski definition) is 5. The van der Waals surface area contributed by atoms with Crippen LogP contribution in [0, 0.1) is 23.5 Å². The highest BCUT2D eigenvalue weighted by molar-refractivity contribution is 7.92. The number of aliphatic hydroxyl groups is 2. The standard InChI is InChI=1S/C21H20ClF2NO5S/c22-16-3-1-11(20(27)25-14-2-4-17(23)18(24)9-14)5-19(16)31(29,30)15-7-12-6-13(8-15)21(12,28)10-26/h1-5,9,12-13,15,26,28H,6-8,10H2,(H,25,27). The highest BCUT2D eigenvalue weighted by atomic mass is 35.5. The molecule has 10 heteroatoms. The zero-order valence-electron chi connectivity index (χ0n) is 16.2. The molecule has 3 saturated carbocycles. The summed E-state index contributed by atoms with van der Waals surface area (Å²) >= 11 is 6.14. The zero-order chi connectivity index (χ0) is 22.6. The lowest BCUT2D eigenvalue weighted by atomic mass is 9.54. The Hall–Kier alpha value is -2.07. The van der Waals surface area contributed by atoms with Crippen LogP contribution in [-0.2, 0) is 9.84 Å². The molecule has 3 fully saturated rings. The van der Waals surface area contributed by atoms with Gasteiger partial charge in [-0.15, -0.1) is 0 Å². The van der Waals surface area contributed by atoms with E-state index in [1.54, 1.807) is 0 Å². The predicted molar refractivity (Wildman–Crippen MR) is 110 cm³/mol. The quantitative estimate of drug-likeness (QED) is 0.621. The lowest BCUT2D eigenvalue weighted by molar-refractivity contribution is -0.197. The van der Waals surface area contributed by atoms with Crippen molar-refractivity contribution >= 4 is 33.0 Å². The van der Waals surface area contributed by atoms with Crippen molar-refractivity contribution in [3.05, 3.63) is 58.6 Å². The molecular formula is C21H20ClF2NO5S. The van der Waals surface area contributed by atoms with Crippen LogP contribution >= 0.6 is 11.6 Å². The van der Waals surface area contributed by atoms with E-state index in [2.05, 4.69) is 5.32 Å². The lowest BCUT2D eigenvalue weighted by Crippen LogP contribution is -2.63. The van der Waals surface area contributed by atoms with Crippen LogP contribution in [0.2, 0.25) is 5.02 Å². The van der Waals surface area contributed by atoms with Crippen molar-refractivity contribution in [2.45, 2.75) is 35.0 Å². The van der Waals surface area contributed by atoms with Gasteiger partial charge in [-0.25, -0.2) is 17.2 Å². The molecule has 31 heavy (non-hydrogen) atoms. The van der Waals surface area contributed by atoms with Gasteiger partial charge in [0.2, 0.25) is 0 Å². The minimum atomic E-state index is -3.91. The third-order valence-electron chi connectivity index (χ3n) is 6.45. The average molecular weight is 472 g/mol. The second kappa shape index (κ2) is 7.81.